The summed E-state index contributed by atoms with van der Waals surface area (Å²) in [7, 11) is 1.47. The van der Waals surface area contributed by atoms with Crippen molar-refractivity contribution in [2.75, 3.05) is 20.2 Å². The van der Waals surface area contributed by atoms with E-state index in [0.29, 0.717) is 46.7 Å². The van der Waals surface area contributed by atoms with Gasteiger partial charge in [-0.25, -0.2) is 9.37 Å². The molecule has 1 saturated heterocycles. The second-order valence-corrected chi connectivity index (χ2v) is 6.97. The Morgan fingerprint density at radius 1 is 1.38 bits per heavy atom. The number of rotatable bonds is 4. The summed E-state index contributed by atoms with van der Waals surface area (Å²) in [6, 6.07) is 9.64. The highest BCUT2D eigenvalue weighted by Gasteiger charge is 2.28. The molecular formula is C22H20FN3O3. The molecule has 1 N–H and O–H groups in total. The fourth-order valence-corrected chi connectivity index (χ4v) is 3.77. The quantitative estimate of drug-likeness (QED) is 0.691. The molecule has 1 fully saturated rings. The molecule has 0 bridgehead atoms. The van der Waals surface area contributed by atoms with E-state index < -0.39 is 5.82 Å². The Morgan fingerprint density at radius 2 is 2.21 bits per heavy atom. The summed E-state index contributed by atoms with van der Waals surface area (Å²) in [6.07, 6.45) is 2.01. The van der Waals surface area contributed by atoms with E-state index in [1.807, 2.05) is 0 Å². The number of hydrogen-bond donors (Lipinski definition) is 1. The summed E-state index contributed by atoms with van der Waals surface area (Å²) in [5.41, 5.74) is 1.07. The second kappa shape index (κ2) is 7.50. The van der Waals surface area contributed by atoms with Crippen LogP contribution in [0.15, 0.2) is 53.8 Å². The van der Waals surface area contributed by atoms with Crippen molar-refractivity contribution < 1.29 is 13.9 Å². The number of aromatic nitrogens is 2. The van der Waals surface area contributed by atoms with Gasteiger partial charge in [0.1, 0.15) is 17.4 Å². The molecule has 1 atom stereocenters. The number of halogens is 1. The lowest BCUT2D eigenvalue weighted by Crippen LogP contribution is -2.26. The van der Waals surface area contributed by atoms with Crippen LogP contribution >= 0.6 is 0 Å². The zero-order valence-corrected chi connectivity index (χ0v) is 15.9. The molecule has 1 aromatic heterocycles. The summed E-state index contributed by atoms with van der Waals surface area (Å²) < 4.78 is 19.7. The Balaban J connectivity index is 1.73. The number of fused-ring (bicyclic) bond motifs is 1. The fourth-order valence-electron chi connectivity index (χ4n) is 3.77. The van der Waals surface area contributed by atoms with Gasteiger partial charge < -0.3 is 14.6 Å². The minimum Gasteiger partial charge on any atom is -0.496 e. The van der Waals surface area contributed by atoms with Gasteiger partial charge in [0, 0.05) is 19.0 Å². The van der Waals surface area contributed by atoms with Gasteiger partial charge in [-0.05, 0) is 42.3 Å². The largest absolute Gasteiger partial charge is 0.496 e. The number of aromatic amines is 1. The number of carbonyl (C=O) groups is 1. The lowest BCUT2D eigenvalue weighted by atomic mass is 10.0. The van der Waals surface area contributed by atoms with Crippen molar-refractivity contribution in [1.29, 1.82) is 0 Å². The van der Waals surface area contributed by atoms with Crippen LogP contribution in [-0.2, 0) is 4.79 Å². The maximum atomic E-state index is 14.4. The van der Waals surface area contributed by atoms with Gasteiger partial charge in [0.05, 0.1) is 23.6 Å². The maximum Gasteiger partial charge on any atom is 0.258 e. The van der Waals surface area contributed by atoms with Gasteiger partial charge in [-0.3, -0.25) is 9.59 Å². The topological polar surface area (TPSA) is 75.3 Å². The van der Waals surface area contributed by atoms with Crippen LogP contribution in [0, 0.1) is 5.82 Å². The molecule has 2 aromatic carbocycles. The molecule has 0 saturated carbocycles. The van der Waals surface area contributed by atoms with Crippen molar-refractivity contribution in [3.05, 3.63) is 71.0 Å². The van der Waals surface area contributed by atoms with E-state index >= 15 is 0 Å². The van der Waals surface area contributed by atoms with Gasteiger partial charge in [-0.2, -0.15) is 0 Å². The summed E-state index contributed by atoms with van der Waals surface area (Å²) in [4.78, 5) is 33.6. The average molecular weight is 393 g/mol. The number of amides is 1. The van der Waals surface area contributed by atoms with Crippen LogP contribution in [0.1, 0.15) is 18.2 Å². The predicted molar refractivity (Wildman–Crippen MR) is 108 cm³/mol. The van der Waals surface area contributed by atoms with Crippen LogP contribution in [0.4, 0.5) is 4.39 Å². The number of methoxy groups -OCH3 is 1. The normalized spacial score (nSPS) is 16.2. The molecule has 1 amide bonds. The molecule has 0 spiro atoms. The highest BCUT2D eigenvalue weighted by molar-refractivity contribution is 5.87. The fraction of sp³-hybridized carbons (Fsp3) is 0.227. The molecule has 1 aliphatic rings. The number of benzene rings is 2. The number of ether oxygens (including phenoxy) is 1. The van der Waals surface area contributed by atoms with E-state index in [2.05, 4.69) is 16.5 Å². The maximum absolute atomic E-state index is 14.4. The third-order valence-corrected chi connectivity index (χ3v) is 5.27. The molecule has 2 heterocycles. The van der Waals surface area contributed by atoms with Gasteiger partial charge in [0.25, 0.3) is 5.56 Å². The van der Waals surface area contributed by atoms with Gasteiger partial charge in [0.15, 0.2) is 0 Å². The minimum atomic E-state index is -0.428. The Hall–Kier alpha value is -3.48. The third-order valence-electron chi connectivity index (χ3n) is 5.27. The van der Waals surface area contributed by atoms with Gasteiger partial charge in [-0.15, -0.1) is 0 Å². The van der Waals surface area contributed by atoms with Gasteiger partial charge in [0.2, 0.25) is 5.91 Å². The first-order chi connectivity index (χ1) is 14.0. The number of likely N-dealkylation sites (tertiary alicyclic amines) is 1. The number of nitrogens with one attached hydrogen (secondary N) is 1. The number of H-pyrrole nitrogens is 1. The van der Waals surface area contributed by atoms with Crippen LogP contribution in [0.25, 0.3) is 22.0 Å². The van der Waals surface area contributed by atoms with E-state index in [4.69, 9.17) is 4.74 Å². The second-order valence-electron chi connectivity index (χ2n) is 6.97. The van der Waals surface area contributed by atoms with Gasteiger partial charge in [-0.1, -0.05) is 18.7 Å². The smallest absolute Gasteiger partial charge is 0.258 e. The molecule has 7 heteroatoms. The highest BCUT2D eigenvalue weighted by atomic mass is 19.1. The van der Waals surface area contributed by atoms with E-state index in [1.165, 1.54) is 19.3 Å². The summed E-state index contributed by atoms with van der Waals surface area (Å²) >= 11 is 0. The summed E-state index contributed by atoms with van der Waals surface area (Å²) in [5, 5.41) is 0.369. The molecule has 0 radical (unpaired) electrons. The molecule has 0 aliphatic carbocycles. The lowest BCUT2D eigenvalue weighted by molar-refractivity contribution is -0.125. The van der Waals surface area contributed by atoms with Crippen molar-refractivity contribution in [1.82, 2.24) is 14.9 Å². The monoisotopic (exact) mass is 393 g/mol. The molecule has 148 valence electrons. The molecule has 1 unspecified atom stereocenters. The molecule has 1 aliphatic heterocycles. The third kappa shape index (κ3) is 3.40. The number of nitrogens with zero attached hydrogens (tertiary/aromatic N) is 2. The van der Waals surface area contributed by atoms with Crippen molar-refractivity contribution in [3.63, 3.8) is 0 Å². The molecule has 4 rings (SSSR count). The first-order valence-electron chi connectivity index (χ1n) is 9.30. The lowest BCUT2D eigenvalue weighted by Gasteiger charge is -2.14. The van der Waals surface area contributed by atoms with Crippen molar-refractivity contribution >= 4 is 16.8 Å². The first kappa shape index (κ1) is 18.9. The Morgan fingerprint density at radius 3 is 2.97 bits per heavy atom. The van der Waals surface area contributed by atoms with Crippen molar-refractivity contribution in [2.24, 2.45) is 0 Å². The van der Waals surface area contributed by atoms with Crippen LogP contribution < -0.4 is 10.3 Å². The van der Waals surface area contributed by atoms with E-state index in [1.54, 1.807) is 35.2 Å². The van der Waals surface area contributed by atoms with Crippen molar-refractivity contribution in [3.8, 4) is 16.9 Å². The summed E-state index contributed by atoms with van der Waals surface area (Å²) in [6.45, 7) is 4.60. The molecule has 3 aromatic rings. The first-order valence-corrected chi connectivity index (χ1v) is 9.30. The zero-order valence-electron chi connectivity index (χ0n) is 15.9. The van der Waals surface area contributed by atoms with E-state index in [-0.39, 0.29) is 17.4 Å². The Labute approximate surface area is 166 Å². The standard InChI is InChI=1S/C22H20FN3O3/c1-3-19(27)26-10-9-14(12-26)21-24-17-8-7-13(11-15(17)22(28)25-21)20-16(23)5-4-6-18(20)29-2/h3-8,11,14H,1,9-10,12H2,2H3,(H,24,25,28). The zero-order chi connectivity index (χ0) is 20.5. The highest BCUT2D eigenvalue weighted by Crippen LogP contribution is 2.33. The molecular weight excluding hydrogens is 373 g/mol. The predicted octanol–water partition coefficient (Wildman–Crippen LogP) is 3.24. The minimum absolute atomic E-state index is 0.0395. The van der Waals surface area contributed by atoms with Crippen LogP contribution in [0.5, 0.6) is 5.75 Å². The Bertz CT molecular complexity index is 1170. The van der Waals surface area contributed by atoms with Crippen LogP contribution in [-0.4, -0.2) is 41.0 Å². The molecule has 6 nitrogen and oxygen atoms in total. The number of hydrogen-bond acceptors (Lipinski definition) is 4. The SMILES string of the molecule is C=CC(=O)N1CCC(c2nc3ccc(-c4c(F)cccc4OC)cc3c(=O)[nH]2)C1. The van der Waals surface area contributed by atoms with Crippen molar-refractivity contribution in [2.45, 2.75) is 12.3 Å². The van der Waals surface area contributed by atoms with Gasteiger partial charge >= 0.3 is 0 Å². The summed E-state index contributed by atoms with van der Waals surface area (Å²) in [5.74, 6) is 0.352. The molecule has 29 heavy (non-hydrogen) atoms. The van der Waals surface area contributed by atoms with E-state index in [9.17, 15) is 14.0 Å². The number of carbonyl (C=O) groups excluding carboxylic acids is 1. The van der Waals surface area contributed by atoms with Crippen LogP contribution in [0.2, 0.25) is 0 Å². The van der Waals surface area contributed by atoms with Crippen LogP contribution in [0.3, 0.4) is 0 Å². The average Bonchev–Trinajstić information content (AvgIpc) is 3.23. The van der Waals surface area contributed by atoms with E-state index in [0.717, 1.165) is 6.42 Å². The Kier molecular flexibility index (Phi) is 4.88.